The number of rotatable bonds is 7. The van der Waals surface area contributed by atoms with Gasteiger partial charge in [-0.15, -0.1) is 0 Å². The first-order valence-electron chi connectivity index (χ1n) is 6.05. The SMILES string of the molecule is CC(C)C(C)NCCSCc1ccccc1. The summed E-state index contributed by atoms with van der Waals surface area (Å²) in [6.07, 6.45) is 0. The molecule has 0 aliphatic rings. The third kappa shape index (κ3) is 5.57. The van der Waals surface area contributed by atoms with Crippen molar-refractivity contribution in [3.63, 3.8) is 0 Å². The van der Waals surface area contributed by atoms with Gasteiger partial charge in [0.15, 0.2) is 0 Å². The summed E-state index contributed by atoms with van der Waals surface area (Å²) in [6.45, 7) is 7.88. The summed E-state index contributed by atoms with van der Waals surface area (Å²) in [5.74, 6) is 3.03. The molecule has 0 amide bonds. The third-order valence-electron chi connectivity index (χ3n) is 2.82. The molecule has 1 atom stereocenters. The highest BCUT2D eigenvalue weighted by Crippen LogP contribution is 2.10. The fraction of sp³-hybridized carbons (Fsp3) is 0.571. The first kappa shape index (κ1) is 13.6. The van der Waals surface area contributed by atoms with Gasteiger partial charge in [0.25, 0.3) is 0 Å². The number of nitrogens with one attached hydrogen (secondary N) is 1. The van der Waals surface area contributed by atoms with Crippen molar-refractivity contribution in [1.29, 1.82) is 0 Å². The topological polar surface area (TPSA) is 12.0 Å². The minimum Gasteiger partial charge on any atom is -0.313 e. The van der Waals surface area contributed by atoms with E-state index in [4.69, 9.17) is 0 Å². The second-order valence-corrected chi connectivity index (χ2v) is 5.63. The molecule has 0 bridgehead atoms. The highest BCUT2D eigenvalue weighted by Gasteiger charge is 2.04. The van der Waals surface area contributed by atoms with Gasteiger partial charge in [-0.25, -0.2) is 0 Å². The van der Waals surface area contributed by atoms with Crippen molar-refractivity contribution in [2.24, 2.45) is 5.92 Å². The van der Waals surface area contributed by atoms with Crippen LogP contribution in [-0.4, -0.2) is 18.3 Å². The van der Waals surface area contributed by atoms with E-state index < -0.39 is 0 Å². The molecule has 1 unspecified atom stereocenters. The van der Waals surface area contributed by atoms with Crippen LogP contribution in [0.25, 0.3) is 0 Å². The summed E-state index contributed by atoms with van der Waals surface area (Å²) in [6, 6.07) is 11.3. The quantitative estimate of drug-likeness (QED) is 0.728. The molecule has 2 heteroatoms. The predicted molar refractivity (Wildman–Crippen MR) is 74.9 cm³/mol. The molecular weight excluding hydrogens is 214 g/mol. The zero-order valence-corrected chi connectivity index (χ0v) is 11.4. The fourth-order valence-electron chi connectivity index (χ4n) is 1.36. The Labute approximate surface area is 104 Å². The summed E-state index contributed by atoms with van der Waals surface area (Å²) < 4.78 is 0. The predicted octanol–water partition coefficient (Wildman–Crippen LogP) is 3.55. The minimum atomic E-state index is 0.623. The van der Waals surface area contributed by atoms with E-state index in [0.29, 0.717) is 6.04 Å². The molecule has 0 saturated carbocycles. The Kier molecular flexibility index (Phi) is 6.58. The average Bonchev–Trinajstić information content (AvgIpc) is 2.29. The van der Waals surface area contributed by atoms with Crippen molar-refractivity contribution in [3.05, 3.63) is 35.9 Å². The van der Waals surface area contributed by atoms with Gasteiger partial charge in [0.05, 0.1) is 0 Å². The van der Waals surface area contributed by atoms with E-state index in [9.17, 15) is 0 Å². The van der Waals surface area contributed by atoms with Crippen molar-refractivity contribution in [2.45, 2.75) is 32.6 Å². The van der Waals surface area contributed by atoms with E-state index in [-0.39, 0.29) is 0 Å². The summed E-state index contributed by atoms with van der Waals surface area (Å²) in [4.78, 5) is 0. The second-order valence-electron chi connectivity index (χ2n) is 4.53. The van der Waals surface area contributed by atoms with Crippen LogP contribution in [-0.2, 0) is 5.75 Å². The summed E-state index contributed by atoms with van der Waals surface area (Å²) in [5.41, 5.74) is 1.42. The normalized spacial score (nSPS) is 13.0. The Hall–Kier alpha value is -0.470. The van der Waals surface area contributed by atoms with Crippen LogP contribution >= 0.6 is 11.8 Å². The van der Waals surface area contributed by atoms with Crippen LogP contribution in [0.5, 0.6) is 0 Å². The molecule has 1 aromatic carbocycles. The van der Waals surface area contributed by atoms with Gasteiger partial charge in [-0.3, -0.25) is 0 Å². The molecule has 1 aromatic rings. The molecule has 0 heterocycles. The number of hydrogen-bond acceptors (Lipinski definition) is 2. The molecule has 0 fully saturated rings. The fourth-order valence-corrected chi connectivity index (χ4v) is 2.19. The van der Waals surface area contributed by atoms with Gasteiger partial charge in [0.1, 0.15) is 0 Å². The average molecular weight is 237 g/mol. The zero-order valence-electron chi connectivity index (χ0n) is 10.6. The molecule has 1 N–H and O–H groups in total. The van der Waals surface area contributed by atoms with Crippen LogP contribution in [0.1, 0.15) is 26.3 Å². The van der Waals surface area contributed by atoms with Crippen molar-refractivity contribution >= 4 is 11.8 Å². The molecule has 0 spiro atoms. The van der Waals surface area contributed by atoms with Gasteiger partial charge in [-0.05, 0) is 18.4 Å². The maximum atomic E-state index is 3.55. The van der Waals surface area contributed by atoms with Crippen LogP contribution in [0.4, 0.5) is 0 Å². The van der Waals surface area contributed by atoms with E-state index in [1.54, 1.807) is 0 Å². The molecular formula is C14H23NS. The number of hydrogen-bond donors (Lipinski definition) is 1. The number of benzene rings is 1. The molecule has 1 rings (SSSR count). The maximum absolute atomic E-state index is 3.55. The van der Waals surface area contributed by atoms with Gasteiger partial charge in [0.2, 0.25) is 0 Å². The molecule has 90 valence electrons. The summed E-state index contributed by atoms with van der Waals surface area (Å²) in [7, 11) is 0. The van der Waals surface area contributed by atoms with Crippen molar-refractivity contribution in [3.8, 4) is 0 Å². The monoisotopic (exact) mass is 237 g/mol. The van der Waals surface area contributed by atoms with Gasteiger partial charge < -0.3 is 5.32 Å². The van der Waals surface area contributed by atoms with Crippen molar-refractivity contribution < 1.29 is 0 Å². The lowest BCUT2D eigenvalue weighted by atomic mass is 10.1. The van der Waals surface area contributed by atoms with E-state index in [0.717, 1.165) is 18.2 Å². The standard InChI is InChI=1S/C14H23NS/c1-12(2)13(3)15-9-10-16-11-14-7-5-4-6-8-14/h4-8,12-13,15H,9-11H2,1-3H3. The summed E-state index contributed by atoms with van der Waals surface area (Å²) in [5, 5.41) is 3.55. The third-order valence-corrected chi connectivity index (χ3v) is 3.85. The van der Waals surface area contributed by atoms with Gasteiger partial charge in [-0.2, -0.15) is 11.8 Å². The molecule has 1 nitrogen and oxygen atoms in total. The molecule has 16 heavy (non-hydrogen) atoms. The Bertz CT molecular complexity index is 271. The number of thioether (sulfide) groups is 1. The lowest BCUT2D eigenvalue weighted by molar-refractivity contribution is 0.438. The Morgan fingerprint density at radius 2 is 1.81 bits per heavy atom. The largest absolute Gasteiger partial charge is 0.313 e. The molecule has 0 aromatic heterocycles. The van der Waals surface area contributed by atoms with Crippen LogP contribution in [0.2, 0.25) is 0 Å². The zero-order chi connectivity index (χ0) is 11.8. The van der Waals surface area contributed by atoms with Crippen molar-refractivity contribution in [2.75, 3.05) is 12.3 Å². The first-order chi connectivity index (χ1) is 7.70. The maximum Gasteiger partial charge on any atom is 0.0185 e. The Morgan fingerprint density at radius 3 is 2.44 bits per heavy atom. The highest BCUT2D eigenvalue weighted by atomic mass is 32.2. The van der Waals surface area contributed by atoms with E-state index in [1.807, 2.05) is 11.8 Å². The lowest BCUT2D eigenvalue weighted by Crippen LogP contribution is -2.32. The lowest BCUT2D eigenvalue weighted by Gasteiger charge is -2.17. The van der Waals surface area contributed by atoms with Crippen LogP contribution in [0.3, 0.4) is 0 Å². The van der Waals surface area contributed by atoms with E-state index in [1.165, 1.54) is 11.3 Å². The first-order valence-corrected chi connectivity index (χ1v) is 7.20. The van der Waals surface area contributed by atoms with E-state index >= 15 is 0 Å². The minimum absolute atomic E-state index is 0.623. The highest BCUT2D eigenvalue weighted by molar-refractivity contribution is 7.98. The van der Waals surface area contributed by atoms with Crippen LogP contribution in [0, 0.1) is 5.92 Å². The molecule has 0 aliphatic carbocycles. The molecule has 0 aliphatic heterocycles. The molecule has 0 saturated heterocycles. The molecule has 0 radical (unpaired) electrons. The smallest absolute Gasteiger partial charge is 0.0185 e. The van der Waals surface area contributed by atoms with Gasteiger partial charge >= 0.3 is 0 Å². The van der Waals surface area contributed by atoms with Crippen LogP contribution in [0.15, 0.2) is 30.3 Å². The van der Waals surface area contributed by atoms with Crippen LogP contribution < -0.4 is 5.32 Å². The second kappa shape index (κ2) is 7.75. The van der Waals surface area contributed by atoms with Crippen molar-refractivity contribution in [1.82, 2.24) is 5.32 Å². The van der Waals surface area contributed by atoms with Gasteiger partial charge in [-0.1, -0.05) is 44.2 Å². The van der Waals surface area contributed by atoms with E-state index in [2.05, 4.69) is 56.4 Å². The van der Waals surface area contributed by atoms with Gasteiger partial charge in [0, 0.05) is 24.1 Å². The Morgan fingerprint density at radius 1 is 1.12 bits per heavy atom. The summed E-state index contributed by atoms with van der Waals surface area (Å²) >= 11 is 2.00. The Balaban J connectivity index is 2.04.